The van der Waals surface area contributed by atoms with Gasteiger partial charge in [-0.15, -0.1) is 0 Å². The maximum atomic E-state index is 6.18. The van der Waals surface area contributed by atoms with Crippen LogP contribution >= 0.6 is 39.1 Å². The molecule has 0 aromatic heterocycles. The number of rotatable bonds is 8. The number of benzene rings is 2. The Morgan fingerprint density at radius 3 is 2.54 bits per heavy atom. The van der Waals surface area contributed by atoms with Crippen molar-refractivity contribution >= 4 is 39.1 Å². The molecule has 0 aliphatic rings. The maximum absolute atomic E-state index is 6.18. The molecule has 0 radical (unpaired) electrons. The molecule has 2 rings (SSSR count). The fourth-order valence-corrected chi connectivity index (χ4v) is 3.10. The molecular weight excluding hydrogens is 413 g/mol. The zero-order valence-electron chi connectivity index (χ0n) is 13.7. The molecule has 0 bridgehead atoms. The van der Waals surface area contributed by atoms with Crippen LogP contribution in [0.4, 0.5) is 0 Å². The summed E-state index contributed by atoms with van der Waals surface area (Å²) in [4.78, 5) is 0. The minimum atomic E-state index is 0.340. The largest absolute Gasteiger partial charge is 0.493 e. The Kier molecular flexibility index (Phi) is 7.69. The van der Waals surface area contributed by atoms with Gasteiger partial charge < -0.3 is 14.8 Å². The molecule has 0 saturated carbocycles. The molecule has 0 unspecified atom stereocenters. The number of ether oxygens (including phenoxy) is 2. The van der Waals surface area contributed by atoms with Gasteiger partial charge in [-0.05, 0) is 42.8 Å². The maximum Gasteiger partial charge on any atom is 0.162 e. The van der Waals surface area contributed by atoms with Gasteiger partial charge >= 0.3 is 0 Å². The highest BCUT2D eigenvalue weighted by atomic mass is 79.9. The molecule has 0 fully saturated rings. The summed E-state index contributed by atoms with van der Waals surface area (Å²) in [5.74, 6) is 1.35. The summed E-state index contributed by atoms with van der Waals surface area (Å²) in [5.41, 5.74) is 1.99. The van der Waals surface area contributed by atoms with E-state index in [9.17, 15) is 0 Å². The molecule has 1 N–H and O–H groups in total. The van der Waals surface area contributed by atoms with Crippen molar-refractivity contribution < 1.29 is 9.47 Å². The van der Waals surface area contributed by atoms with Crippen LogP contribution in [0.25, 0.3) is 0 Å². The van der Waals surface area contributed by atoms with Gasteiger partial charge in [0.2, 0.25) is 0 Å². The van der Waals surface area contributed by atoms with Crippen LogP contribution in [-0.2, 0) is 13.2 Å². The Morgan fingerprint density at radius 1 is 1.08 bits per heavy atom. The Balaban J connectivity index is 2.13. The van der Waals surface area contributed by atoms with Gasteiger partial charge in [-0.3, -0.25) is 0 Å². The third kappa shape index (κ3) is 5.28. The Hall–Kier alpha value is -0.940. The van der Waals surface area contributed by atoms with Crippen LogP contribution in [0.3, 0.4) is 0 Å². The number of methoxy groups -OCH3 is 1. The molecule has 130 valence electrons. The normalized spacial score (nSPS) is 10.7. The average molecular weight is 433 g/mol. The van der Waals surface area contributed by atoms with Crippen molar-refractivity contribution in [3.8, 4) is 11.5 Å². The first-order valence-electron chi connectivity index (χ1n) is 7.69. The number of halogens is 3. The second kappa shape index (κ2) is 9.52. The van der Waals surface area contributed by atoms with E-state index in [0.717, 1.165) is 35.1 Å². The summed E-state index contributed by atoms with van der Waals surface area (Å²) in [6.45, 7) is 4.23. The highest BCUT2D eigenvalue weighted by molar-refractivity contribution is 9.10. The van der Waals surface area contributed by atoms with Crippen molar-refractivity contribution in [2.24, 2.45) is 0 Å². The van der Waals surface area contributed by atoms with Gasteiger partial charge in [0, 0.05) is 26.6 Å². The summed E-state index contributed by atoms with van der Waals surface area (Å²) in [5, 5.41) is 4.57. The monoisotopic (exact) mass is 431 g/mol. The lowest BCUT2D eigenvalue weighted by Crippen LogP contribution is -2.14. The first-order chi connectivity index (χ1) is 11.5. The first kappa shape index (κ1) is 19.4. The topological polar surface area (TPSA) is 30.5 Å². The van der Waals surface area contributed by atoms with Crippen LogP contribution in [-0.4, -0.2) is 13.7 Å². The second-order valence-corrected chi connectivity index (χ2v) is 6.99. The highest BCUT2D eigenvalue weighted by Gasteiger charge is 2.11. The molecule has 3 nitrogen and oxygen atoms in total. The molecule has 0 aliphatic carbocycles. The molecular formula is C18H20BrCl2NO2. The number of nitrogens with one attached hydrogen (secondary N) is 1. The summed E-state index contributed by atoms with van der Waals surface area (Å²) in [6.07, 6.45) is 1.10. The summed E-state index contributed by atoms with van der Waals surface area (Å²) in [7, 11) is 1.63. The second-order valence-electron chi connectivity index (χ2n) is 5.30. The fraction of sp³-hybridized carbons (Fsp3) is 0.333. The highest BCUT2D eigenvalue weighted by Crippen LogP contribution is 2.34. The number of hydrogen-bond donors (Lipinski definition) is 1. The predicted molar refractivity (Wildman–Crippen MR) is 103 cm³/mol. The van der Waals surface area contributed by atoms with Crippen LogP contribution in [0.5, 0.6) is 11.5 Å². The molecule has 0 aliphatic heterocycles. The van der Waals surface area contributed by atoms with Crippen molar-refractivity contribution in [3.05, 3.63) is 56.0 Å². The van der Waals surface area contributed by atoms with Gasteiger partial charge in [0.05, 0.1) is 7.11 Å². The molecule has 0 saturated heterocycles. The molecule has 6 heteroatoms. The molecule has 0 atom stereocenters. The van der Waals surface area contributed by atoms with Crippen LogP contribution in [0.15, 0.2) is 34.8 Å². The molecule has 0 amide bonds. The van der Waals surface area contributed by atoms with Gasteiger partial charge in [0.15, 0.2) is 11.5 Å². The first-order valence-corrected chi connectivity index (χ1v) is 9.24. The SMILES string of the molecule is CCCNCc1cc(OC)c(OCc2ccc(Cl)cc2Cl)cc1Br. The molecule has 0 heterocycles. The van der Waals surface area contributed by atoms with E-state index in [1.807, 2.05) is 18.2 Å². The third-order valence-corrected chi connectivity index (χ3v) is 4.80. The standard InChI is InChI=1S/C18H20BrCl2NO2/c1-3-6-22-10-13-7-17(23-2)18(9-15(13)19)24-11-12-4-5-14(20)8-16(12)21/h4-5,7-9,22H,3,6,10-11H2,1-2H3. The predicted octanol–water partition coefficient (Wildman–Crippen LogP) is 5.84. The van der Waals surface area contributed by atoms with E-state index in [4.69, 9.17) is 32.7 Å². The van der Waals surface area contributed by atoms with E-state index in [-0.39, 0.29) is 0 Å². The van der Waals surface area contributed by atoms with E-state index < -0.39 is 0 Å². The molecule has 0 spiro atoms. The van der Waals surface area contributed by atoms with Crippen molar-refractivity contribution in [2.75, 3.05) is 13.7 Å². The summed E-state index contributed by atoms with van der Waals surface area (Å²) >= 11 is 15.7. The van der Waals surface area contributed by atoms with Gasteiger partial charge in [-0.2, -0.15) is 0 Å². The Labute approximate surface area is 161 Å². The van der Waals surface area contributed by atoms with Crippen LogP contribution in [0, 0.1) is 0 Å². The minimum Gasteiger partial charge on any atom is -0.493 e. The lowest BCUT2D eigenvalue weighted by atomic mass is 10.2. The van der Waals surface area contributed by atoms with Crippen LogP contribution < -0.4 is 14.8 Å². The number of hydrogen-bond acceptors (Lipinski definition) is 3. The van der Waals surface area contributed by atoms with Crippen LogP contribution in [0.2, 0.25) is 10.0 Å². The van der Waals surface area contributed by atoms with E-state index in [0.29, 0.717) is 28.2 Å². The van der Waals surface area contributed by atoms with E-state index >= 15 is 0 Å². The van der Waals surface area contributed by atoms with E-state index in [1.54, 1.807) is 19.2 Å². The summed E-state index contributed by atoms with van der Waals surface area (Å²) in [6, 6.07) is 9.26. The van der Waals surface area contributed by atoms with Crippen molar-refractivity contribution in [3.63, 3.8) is 0 Å². The van der Waals surface area contributed by atoms with Crippen LogP contribution in [0.1, 0.15) is 24.5 Å². The smallest absolute Gasteiger partial charge is 0.162 e. The van der Waals surface area contributed by atoms with Crippen molar-refractivity contribution in [2.45, 2.75) is 26.5 Å². The van der Waals surface area contributed by atoms with Gasteiger partial charge in [0.1, 0.15) is 6.61 Å². The van der Waals surface area contributed by atoms with Gasteiger partial charge in [-0.1, -0.05) is 52.1 Å². The Morgan fingerprint density at radius 2 is 1.88 bits per heavy atom. The van der Waals surface area contributed by atoms with Crippen molar-refractivity contribution in [1.29, 1.82) is 0 Å². The molecule has 24 heavy (non-hydrogen) atoms. The summed E-state index contributed by atoms with van der Waals surface area (Å²) < 4.78 is 12.3. The zero-order valence-corrected chi connectivity index (χ0v) is 16.8. The van der Waals surface area contributed by atoms with Gasteiger partial charge in [-0.25, -0.2) is 0 Å². The average Bonchev–Trinajstić information content (AvgIpc) is 2.56. The van der Waals surface area contributed by atoms with Crippen molar-refractivity contribution in [1.82, 2.24) is 5.32 Å². The quantitative estimate of drug-likeness (QED) is 0.531. The lowest BCUT2D eigenvalue weighted by Gasteiger charge is -2.15. The lowest BCUT2D eigenvalue weighted by molar-refractivity contribution is 0.284. The Bertz CT molecular complexity index is 695. The fourth-order valence-electron chi connectivity index (χ4n) is 2.18. The van der Waals surface area contributed by atoms with Gasteiger partial charge in [0.25, 0.3) is 0 Å². The molecule has 2 aromatic rings. The third-order valence-electron chi connectivity index (χ3n) is 3.47. The van der Waals surface area contributed by atoms with E-state index in [2.05, 4.69) is 28.2 Å². The zero-order chi connectivity index (χ0) is 17.5. The minimum absolute atomic E-state index is 0.340. The molecule has 2 aromatic carbocycles. The van der Waals surface area contributed by atoms with E-state index in [1.165, 1.54) is 0 Å².